The summed E-state index contributed by atoms with van der Waals surface area (Å²) in [4.78, 5) is 18.4. The second kappa shape index (κ2) is 4.59. The molecule has 2 heterocycles. The number of fused-ring (bicyclic) bond motifs is 1. The van der Waals surface area contributed by atoms with Crippen LogP contribution in [-0.4, -0.2) is 36.0 Å². The Kier molecular flexibility index (Phi) is 2.94. The van der Waals surface area contributed by atoms with Crippen LogP contribution in [-0.2, 0) is 0 Å². The number of rotatable bonds is 2. The number of amides is 1. The molecule has 2 atom stereocenters. The predicted molar refractivity (Wildman–Crippen MR) is 67.5 cm³/mol. The van der Waals surface area contributed by atoms with Gasteiger partial charge in [0, 0.05) is 25.4 Å². The third-order valence-corrected chi connectivity index (χ3v) is 4.21. The average molecular weight is 246 g/mol. The normalized spacial score (nSPS) is 26.2. The summed E-state index contributed by atoms with van der Waals surface area (Å²) >= 11 is 0. The van der Waals surface area contributed by atoms with E-state index in [0.717, 1.165) is 24.9 Å². The van der Waals surface area contributed by atoms with Crippen molar-refractivity contribution in [3.05, 3.63) is 23.9 Å². The lowest BCUT2D eigenvalue weighted by atomic mass is 10.0. The zero-order chi connectivity index (χ0) is 12.5. The van der Waals surface area contributed by atoms with Gasteiger partial charge in [-0.2, -0.15) is 0 Å². The molecule has 96 valence electrons. The number of carbonyl (C=O) groups is 1. The Morgan fingerprint density at radius 3 is 2.61 bits per heavy atom. The van der Waals surface area contributed by atoms with Crippen LogP contribution in [0.3, 0.4) is 0 Å². The molecule has 0 radical (unpaired) electrons. The quantitative estimate of drug-likeness (QED) is 0.801. The fraction of sp³-hybridized carbons (Fsp3) is 0.571. The monoisotopic (exact) mass is 246 g/mol. The number of ether oxygens (including phenoxy) is 1. The van der Waals surface area contributed by atoms with Crippen LogP contribution in [0.2, 0.25) is 0 Å². The van der Waals surface area contributed by atoms with E-state index in [1.165, 1.54) is 19.3 Å². The van der Waals surface area contributed by atoms with Gasteiger partial charge in [0.2, 0.25) is 5.88 Å². The molecule has 2 fully saturated rings. The molecule has 0 N–H and O–H groups in total. The molecule has 18 heavy (non-hydrogen) atoms. The fourth-order valence-corrected chi connectivity index (χ4v) is 3.21. The van der Waals surface area contributed by atoms with Crippen molar-refractivity contribution in [1.29, 1.82) is 0 Å². The Balaban J connectivity index is 1.70. The second-order valence-corrected chi connectivity index (χ2v) is 5.25. The minimum atomic E-state index is 0.111. The molecule has 0 spiro atoms. The van der Waals surface area contributed by atoms with Crippen molar-refractivity contribution in [3.63, 3.8) is 0 Å². The van der Waals surface area contributed by atoms with E-state index >= 15 is 0 Å². The SMILES string of the molecule is COc1ccc(C(=O)N2CC3CCCC3C2)cn1. The third-order valence-electron chi connectivity index (χ3n) is 4.21. The van der Waals surface area contributed by atoms with Crippen LogP contribution in [0.4, 0.5) is 0 Å². The number of aromatic nitrogens is 1. The van der Waals surface area contributed by atoms with Crippen LogP contribution in [0.5, 0.6) is 5.88 Å². The summed E-state index contributed by atoms with van der Waals surface area (Å²) in [5.41, 5.74) is 0.663. The number of carbonyl (C=O) groups excluding carboxylic acids is 1. The number of hydrogen-bond donors (Lipinski definition) is 0. The van der Waals surface area contributed by atoms with E-state index in [1.807, 2.05) is 4.90 Å². The van der Waals surface area contributed by atoms with E-state index < -0.39 is 0 Å². The first-order valence-electron chi connectivity index (χ1n) is 6.57. The maximum absolute atomic E-state index is 12.3. The molecule has 1 saturated carbocycles. The Labute approximate surface area is 107 Å². The van der Waals surface area contributed by atoms with Crippen molar-refractivity contribution in [2.45, 2.75) is 19.3 Å². The van der Waals surface area contributed by atoms with E-state index in [2.05, 4.69) is 4.98 Å². The molecule has 4 nitrogen and oxygen atoms in total. The molecule has 4 heteroatoms. The Morgan fingerprint density at radius 1 is 1.33 bits per heavy atom. The van der Waals surface area contributed by atoms with Crippen LogP contribution < -0.4 is 4.74 Å². The first-order valence-corrected chi connectivity index (χ1v) is 6.57. The van der Waals surface area contributed by atoms with Gasteiger partial charge in [0.05, 0.1) is 12.7 Å². The molecule has 1 amide bonds. The van der Waals surface area contributed by atoms with Crippen molar-refractivity contribution in [3.8, 4) is 5.88 Å². The fourth-order valence-electron chi connectivity index (χ4n) is 3.21. The van der Waals surface area contributed by atoms with Crippen LogP contribution in [0, 0.1) is 11.8 Å². The van der Waals surface area contributed by atoms with Crippen LogP contribution in [0.1, 0.15) is 29.6 Å². The van der Waals surface area contributed by atoms with Gasteiger partial charge in [-0.1, -0.05) is 6.42 Å². The number of likely N-dealkylation sites (tertiary alicyclic amines) is 1. The van der Waals surface area contributed by atoms with Gasteiger partial charge in [-0.25, -0.2) is 4.98 Å². The van der Waals surface area contributed by atoms with E-state index in [4.69, 9.17) is 4.74 Å². The van der Waals surface area contributed by atoms with Crippen molar-refractivity contribution >= 4 is 5.91 Å². The van der Waals surface area contributed by atoms with E-state index in [1.54, 1.807) is 25.4 Å². The summed E-state index contributed by atoms with van der Waals surface area (Å²) in [7, 11) is 1.57. The molecule has 0 aromatic carbocycles. The second-order valence-electron chi connectivity index (χ2n) is 5.25. The molecular formula is C14H18N2O2. The van der Waals surface area contributed by atoms with Gasteiger partial charge in [0.15, 0.2) is 0 Å². The molecule has 1 aromatic heterocycles. The van der Waals surface area contributed by atoms with Gasteiger partial charge in [0.25, 0.3) is 5.91 Å². The topological polar surface area (TPSA) is 42.4 Å². The highest BCUT2D eigenvalue weighted by Crippen LogP contribution is 2.38. The Bertz CT molecular complexity index is 432. The highest BCUT2D eigenvalue weighted by atomic mass is 16.5. The number of nitrogens with zero attached hydrogens (tertiary/aromatic N) is 2. The third kappa shape index (κ3) is 1.96. The molecule has 0 bridgehead atoms. The van der Waals surface area contributed by atoms with Gasteiger partial charge in [-0.3, -0.25) is 4.79 Å². The average Bonchev–Trinajstić information content (AvgIpc) is 2.99. The summed E-state index contributed by atoms with van der Waals surface area (Å²) in [6.07, 6.45) is 5.52. The minimum Gasteiger partial charge on any atom is -0.481 e. The first-order chi connectivity index (χ1) is 8.78. The zero-order valence-electron chi connectivity index (χ0n) is 10.6. The van der Waals surface area contributed by atoms with Crippen LogP contribution >= 0.6 is 0 Å². The first kappa shape index (κ1) is 11.5. The zero-order valence-corrected chi connectivity index (χ0v) is 10.6. The number of hydrogen-bond acceptors (Lipinski definition) is 3. The minimum absolute atomic E-state index is 0.111. The van der Waals surface area contributed by atoms with E-state index in [9.17, 15) is 4.79 Å². The Morgan fingerprint density at radius 2 is 2.06 bits per heavy atom. The van der Waals surface area contributed by atoms with Crippen LogP contribution in [0.25, 0.3) is 0 Å². The summed E-state index contributed by atoms with van der Waals surface area (Å²) in [6.45, 7) is 1.85. The maximum atomic E-state index is 12.3. The Hall–Kier alpha value is -1.58. The van der Waals surface area contributed by atoms with Crippen molar-refractivity contribution < 1.29 is 9.53 Å². The van der Waals surface area contributed by atoms with E-state index in [-0.39, 0.29) is 5.91 Å². The summed E-state index contributed by atoms with van der Waals surface area (Å²) < 4.78 is 5.00. The van der Waals surface area contributed by atoms with Gasteiger partial charge >= 0.3 is 0 Å². The lowest BCUT2D eigenvalue weighted by molar-refractivity contribution is 0.0780. The molecule has 1 aliphatic carbocycles. The summed E-state index contributed by atoms with van der Waals surface area (Å²) in [5.74, 6) is 2.13. The summed E-state index contributed by atoms with van der Waals surface area (Å²) in [5, 5.41) is 0. The van der Waals surface area contributed by atoms with Gasteiger partial charge in [0.1, 0.15) is 0 Å². The van der Waals surface area contributed by atoms with Gasteiger partial charge < -0.3 is 9.64 Å². The maximum Gasteiger partial charge on any atom is 0.255 e. The summed E-state index contributed by atoms with van der Waals surface area (Å²) in [6, 6.07) is 3.53. The lowest BCUT2D eigenvalue weighted by Gasteiger charge is -2.17. The molecule has 3 rings (SSSR count). The van der Waals surface area contributed by atoms with Gasteiger partial charge in [-0.15, -0.1) is 0 Å². The predicted octanol–water partition coefficient (Wildman–Crippen LogP) is 1.96. The molecule has 1 aliphatic heterocycles. The van der Waals surface area contributed by atoms with Crippen LogP contribution in [0.15, 0.2) is 18.3 Å². The highest BCUT2D eigenvalue weighted by Gasteiger charge is 2.38. The van der Waals surface area contributed by atoms with E-state index in [0.29, 0.717) is 11.4 Å². The highest BCUT2D eigenvalue weighted by molar-refractivity contribution is 5.94. The molecular weight excluding hydrogens is 228 g/mol. The standard InChI is InChI=1S/C14H18N2O2/c1-18-13-6-5-10(7-15-13)14(17)16-8-11-3-2-4-12(11)9-16/h5-7,11-12H,2-4,8-9H2,1H3. The largest absolute Gasteiger partial charge is 0.481 e. The van der Waals surface area contributed by atoms with Crippen molar-refractivity contribution in [2.75, 3.05) is 20.2 Å². The molecule has 2 unspecified atom stereocenters. The molecule has 1 saturated heterocycles. The molecule has 2 aliphatic rings. The van der Waals surface area contributed by atoms with Crippen molar-refractivity contribution in [1.82, 2.24) is 9.88 Å². The number of methoxy groups -OCH3 is 1. The lowest BCUT2D eigenvalue weighted by Crippen LogP contribution is -2.29. The number of pyridine rings is 1. The smallest absolute Gasteiger partial charge is 0.255 e. The van der Waals surface area contributed by atoms with Gasteiger partial charge in [-0.05, 0) is 30.7 Å². The molecule has 1 aromatic rings. The van der Waals surface area contributed by atoms with Crippen molar-refractivity contribution in [2.24, 2.45) is 11.8 Å².